The highest BCUT2D eigenvalue weighted by molar-refractivity contribution is 7.15. The molecule has 0 fully saturated rings. The van der Waals surface area contributed by atoms with E-state index in [2.05, 4.69) is 37.9 Å². The van der Waals surface area contributed by atoms with Crippen LogP contribution in [-0.4, -0.2) is 10.1 Å². The molecule has 17 heavy (non-hydrogen) atoms. The second-order valence-corrected chi connectivity index (χ2v) is 5.61. The molecule has 0 bridgehead atoms. The zero-order valence-electron chi connectivity index (χ0n) is 10.0. The van der Waals surface area contributed by atoms with E-state index in [0.29, 0.717) is 5.15 Å². The van der Waals surface area contributed by atoms with E-state index in [9.17, 15) is 0 Å². The second kappa shape index (κ2) is 4.77. The Bertz CT molecular complexity index is 540. The summed E-state index contributed by atoms with van der Waals surface area (Å²) in [4.78, 5) is 5.05. The van der Waals surface area contributed by atoms with Gasteiger partial charge in [0.1, 0.15) is 10.2 Å². The molecule has 0 atom stereocenters. The number of halogens is 1. The quantitative estimate of drug-likeness (QED) is 0.896. The van der Waals surface area contributed by atoms with E-state index < -0.39 is 0 Å². The van der Waals surface area contributed by atoms with Gasteiger partial charge in [-0.05, 0) is 31.9 Å². The molecule has 1 aromatic heterocycles. The molecule has 2 aromatic rings. The Kier molecular flexibility index (Phi) is 3.52. The van der Waals surface area contributed by atoms with Gasteiger partial charge in [-0.2, -0.15) is 0 Å². The first-order valence-electron chi connectivity index (χ1n) is 5.37. The molecule has 90 valence electrons. The van der Waals surface area contributed by atoms with Crippen molar-refractivity contribution in [3.05, 3.63) is 38.9 Å². The second-order valence-electron chi connectivity index (χ2n) is 4.16. The van der Waals surface area contributed by atoms with E-state index in [4.69, 9.17) is 16.7 Å². The number of benzene rings is 1. The maximum atomic E-state index is 9.15. The lowest BCUT2D eigenvalue weighted by atomic mass is 10.0. The van der Waals surface area contributed by atoms with Crippen LogP contribution in [0.3, 0.4) is 0 Å². The number of hydrogen-bond acceptors (Lipinski definition) is 3. The van der Waals surface area contributed by atoms with Crippen molar-refractivity contribution in [2.45, 2.75) is 27.4 Å². The topological polar surface area (TPSA) is 33.1 Å². The van der Waals surface area contributed by atoms with Crippen molar-refractivity contribution in [2.24, 2.45) is 0 Å². The van der Waals surface area contributed by atoms with Crippen LogP contribution in [0.1, 0.15) is 21.6 Å². The Labute approximate surface area is 110 Å². The number of thiazole rings is 1. The van der Waals surface area contributed by atoms with Gasteiger partial charge in [-0.1, -0.05) is 29.3 Å². The van der Waals surface area contributed by atoms with Gasteiger partial charge >= 0.3 is 0 Å². The lowest BCUT2D eigenvalue weighted by Gasteiger charge is -2.08. The highest BCUT2D eigenvalue weighted by atomic mass is 35.5. The zero-order valence-corrected chi connectivity index (χ0v) is 11.6. The minimum Gasteiger partial charge on any atom is -0.391 e. The van der Waals surface area contributed by atoms with Crippen molar-refractivity contribution < 1.29 is 5.11 Å². The van der Waals surface area contributed by atoms with Crippen molar-refractivity contribution in [2.75, 3.05) is 0 Å². The third-order valence-electron chi connectivity index (χ3n) is 2.68. The molecular weight excluding hydrogens is 254 g/mol. The SMILES string of the molecule is Cc1cc(C)c(-c2nc(Cl)c(CO)s2)c(C)c1. The molecule has 0 aliphatic carbocycles. The molecule has 0 radical (unpaired) electrons. The molecule has 1 N–H and O–H groups in total. The molecule has 0 amide bonds. The van der Waals surface area contributed by atoms with Gasteiger partial charge in [0.05, 0.1) is 11.5 Å². The summed E-state index contributed by atoms with van der Waals surface area (Å²) in [6, 6.07) is 4.27. The molecule has 2 rings (SSSR count). The first kappa shape index (κ1) is 12.6. The van der Waals surface area contributed by atoms with Crippen LogP contribution in [-0.2, 0) is 6.61 Å². The van der Waals surface area contributed by atoms with Crippen molar-refractivity contribution >= 4 is 22.9 Å². The number of aromatic nitrogens is 1. The van der Waals surface area contributed by atoms with Crippen LogP contribution in [0.4, 0.5) is 0 Å². The Morgan fingerprint density at radius 2 is 1.82 bits per heavy atom. The van der Waals surface area contributed by atoms with E-state index in [1.54, 1.807) is 0 Å². The molecule has 0 saturated heterocycles. The Balaban J connectivity index is 2.60. The van der Waals surface area contributed by atoms with Gasteiger partial charge in [0, 0.05) is 5.56 Å². The predicted octanol–water partition coefficient (Wildman–Crippen LogP) is 3.88. The van der Waals surface area contributed by atoms with E-state index in [0.717, 1.165) is 15.4 Å². The zero-order chi connectivity index (χ0) is 12.6. The van der Waals surface area contributed by atoms with Crippen LogP contribution < -0.4 is 0 Å². The Hall–Kier alpha value is -0.900. The van der Waals surface area contributed by atoms with E-state index in [1.165, 1.54) is 28.0 Å². The number of rotatable bonds is 2. The maximum absolute atomic E-state index is 9.15. The molecule has 4 heteroatoms. The first-order chi connectivity index (χ1) is 8.02. The number of aliphatic hydroxyl groups is 1. The summed E-state index contributed by atoms with van der Waals surface area (Å²) >= 11 is 7.42. The van der Waals surface area contributed by atoms with Gasteiger partial charge in [0.15, 0.2) is 0 Å². The van der Waals surface area contributed by atoms with Crippen molar-refractivity contribution in [1.29, 1.82) is 0 Å². The molecule has 0 saturated carbocycles. The number of nitrogens with zero attached hydrogens (tertiary/aromatic N) is 1. The lowest BCUT2D eigenvalue weighted by Crippen LogP contribution is -1.89. The normalized spacial score (nSPS) is 10.9. The summed E-state index contributed by atoms with van der Waals surface area (Å²) in [6.07, 6.45) is 0. The van der Waals surface area contributed by atoms with Crippen LogP contribution >= 0.6 is 22.9 Å². The molecule has 1 aromatic carbocycles. The molecule has 0 spiro atoms. The Morgan fingerprint density at radius 1 is 1.24 bits per heavy atom. The molecule has 0 aliphatic heterocycles. The minimum absolute atomic E-state index is 0.0551. The summed E-state index contributed by atoms with van der Waals surface area (Å²) in [5, 5.41) is 10.4. The smallest absolute Gasteiger partial charge is 0.146 e. The van der Waals surface area contributed by atoms with E-state index in [1.807, 2.05) is 0 Å². The first-order valence-corrected chi connectivity index (χ1v) is 6.56. The van der Waals surface area contributed by atoms with Gasteiger partial charge in [-0.3, -0.25) is 0 Å². The largest absolute Gasteiger partial charge is 0.391 e. The van der Waals surface area contributed by atoms with Crippen LogP contribution in [0.25, 0.3) is 10.6 Å². The average Bonchev–Trinajstić information content (AvgIpc) is 2.57. The fourth-order valence-electron chi connectivity index (χ4n) is 2.05. The fraction of sp³-hybridized carbons (Fsp3) is 0.308. The molecular formula is C13H14ClNOS. The van der Waals surface area contributed by atoms with Gasteiger partial charge in [-0.25, -0.2) is 4.98 Å². The van der Waals surface area contributed by atoms with E-state index >= 15 is 0 Å². The highest BCUT2D eigenvalue weighted by Gasteiger charge is 2.14. The van der Waals surface area contributed by atoms with Gasteiger partial charge in [0.25, 0.3) is 0 Å². The monoisotopic (exact) mass is 267 g/mol. The fourth-order valence-corrected chi connectivity index (χ4v) is 3.35. The van der Waals surface area contributed by atoms with Gasteiger partial charge < -0.3 is 5.11 Å². The summed E-state index contributed by atoms with van der Waals surface area (Å²) in [5.41, 5.74) is 4.76. The molecule has 1 heterocycles. The molecule has 2 nitrogen and oxygen atoms in total. The Morgan fingerprint density at radius 3 is 2.29 bits per heavy atom. The van der Waals surface area contributed by atoms with Crippen LogP contribution in [0, 0.1) is 20.8 Å². The standard InChI is InChI=1S/C13H14ClNOS/c1-7-4-8(2)11(9(3)5-7)13-15-12(14)10(6-16)17-13/h4-5,16H,6H2,1-3H3. The molecule has 0 unspecified atom stereocenters. The van der Waals surface area contributed by atoms with Gasteiger partial charge in [0.2, 0.25) is 0 Å². The number of hydrogen-bond donors (Lipinski definition) is 1. The third kappa shape index (κ3) is 2.37. The van der Waals surface area contributed by atoms with Crippen molar-refractivity contribution in [3.63, 3.8) is 0 Å². The average molecular weight is 268 g/mol. The lowest BCUT2D eigenvalue weighted by molar-refractivity contribution is 0.285. The summed E-state index contributed by atoms with van der Waals surface area (Å²) in [6.45, 7) is 6.17. The summed E-state index contributed by atoms with van der Waals surface area (Å²) < 4.78 is 0. The third-order valence-corrected chi connectivity index (χ3v) is 4.17. The number of aryl methyl sites for hydroxylation is 3. The molecule has 0 aliphatic rings. The van der Waals surface area contributed by atoms with Crippen LogP contribution in [0.5, 0.6) is 0 Å². The minimum atomic E-state index is -0.0551. The number of aliphatic hydroxyl groups excluding tert-OH is 1. The maximum Gasteiger partial charge on any atom is 0.146 e. The van der Waals surface area contributed by atoms with Crippen molar-refractivity contribution in [1.82, 2.24) is 4.98 Å². The van der Waals surface area contributed by atoms with Gasteiger partial charge in [-0.15, -0.1) is 11.3 Å². The summed E-state index contributed by atoms with van der Waals surface area (Å²) in [5.74, 6) is 0. The predicted molar refractivity (Wildman–Crippen MR) is 72.7 cm³/mol. The van der Waals surface area contributed by atoms with E-state index in [-0.39, 0.29) is 6.61 Å². The summed E-state index contributed by atoms with van der Waals surface area (Å²) in [7, 11) is 0. The van der Waals surface area contributed by atoms with Crippen molar-refractivity contribution in [3.8, 4) is 10.6 Å². The highest BCUT2D eigenvalue weighted by Crippen LogP contribution is 2.35. The van der Waals surface area contributed by atoms with Crippen LogP contribution in [0.15, 0.2) is 12.1 Å². The van der Waals surface area contributed by atoms with Crippen LogP contribution in [0.2, 0.25) is 5.15 Å².